The Balaban J connectivity index is 3.04. The van der Waals surface area contributed by atoms with E-state index in [1.165, 1.54) is 6.92 Å². The zero-order valence-electron chi connectivity index (χ0n) is 9.84. The van der Waals surface area contributed by atoms with Crippen LogP contribution in [0.25, 0.3) is 0 Å². The maximum atomic E-state index is 11.4. The molecular formula is C11H15O6. The number of Topliss-reactive ketones (excluding diaryl/α,β-unsaturated/α-hetero) is 3. The van der Waals surface area contributed by atoms with E-state index in [9.17, 15) is 24.6 Å². The second kappa shape index (κ2) is 4.64. The molecule has 1 aliphatic heterocycles. The van der Waals surface area contributed by atoms with Crippen LogP contribution in [0.15, 0.2) is 0 Å². The van der Waals surface area contributed by atoms with Gasteiger partial charge in [0.05, 0.1) is 0 Å². The first kappa shape index (κ1) is 14.0. The number of hydrogen-bond donors (Lipinski definition) is 2. The minimum atomic E-state index is -2.11. The molecule has 1 radical (unpaired) electrons. The smallest absolute Gasteiger partial charge is 0.164 e. The molecule has 1 rings (SSSR count). The van der Waals surface area contributed by atoms with Crippen molar-refractivity contribution in [2.75, 3.05) is 0 Å². The third-order valence-electron chi connectivity index (χ3n) is 2.80. The van der Waals surface area contributed by atoms with Crippen LogP contribution in [0.4, 0.5) is 0 Å². The largest absolute Gasteiger partial charge is 0.382 e. The number of aliphatic hydroxyl groups excluding tert-OH is 1. The summed E-state index contributed by atoms with van der Waals surface area (Å²) < 4.78 is 5.08. The Morgan fingerprint density at radius 3 is 2.18 bits per heavy atom. The van der Waals surface area contributed by atoms with Crippen LogP contribution >= 0.6 is 0 Å². The molecule has 0 aliphatic carbocycles. The van der Waals surface area contributed by atoms with E-state index in [1.807, 2.05) is 0 Å². The average Bonchev–Trinajstić information content (AvgIpc) is 2.56. The number of ether oxygens (including phenoxy) is 1. The van der Waals surface area contributed by atoms with Gasteiger partial charge in [-0.2, -0.15) is 0 Å². The van der Waals surface area contributed by atoms with Gasteiger partial charge in [-0.1, -0.05) is 0 Å². The predicted molar refractivity (Wildman–Crippen MR) is 56.0 cm³/mol. The van der Waals surface area contributed by atoms with Gasteiger partial charge in [-0.25, -0.2) is 0 Å². The third kappa shape index (κ3) is 2.43. The molecule has 6 heteroatoms. The molecule has 95 valence electrons. The minimum Gasteiger partial charge on any atom is -0.382 e. The van der Waals surface area contributed by atoms with Gasteiger partial charge in [0.15, 0.2) is 23.0 Å². The van der Waals surface area contributed by atoms with E-state index < -0.39 is 41.3 Å². The van der Waals surface area contributed by atoms with Crippen molar-refractivity contribution in [3.05, 3.63) is 6.42 Å². The molecule has 0 amide bonds. The van der Waals surface area contributed by atoms with Gasteiger partial charge in [0.2, 0.25) is 0 Å². The summed E-state index contributed by atoms with van der Waals surface area (Å²) in [6.45, 7) is 3.43. The molecule has 0 aromatic carbocycles. The molecule has 17 heavy (non-hydrogen) atoms. The van der Waals surface area contributed by atoms with E-state index in [-0.39, 0.29) is 0 Å². The molecule has 6 nitrogen and oxygen atoms in total. The van der Waals surface area contributed by atoms with Crippen LogP contribution in [0, 0.1) is 6.42 Å². The van der Waals surface area contributed by atoms with E-state index >= 15 is 0 Å². The Bertz CT molecular complexity index is 363. The fraction of sp³-hybridized carbons (Fsp3) is 0.636. The van der Waals surface area contributed by atoms with Gasteiger partial charge < -0.3 is 14.9 Å². The zero-order chi connectivity index (χ0) is 13.4. The van der Waals surface area contributed by atoms with Crippen molar-refractivity contribution in [3.8, 4) is 0 Å². The highest BCUT2D eigenvalue weighted by Crippen LogP contribution is 2.33. The van der Waals surface area contributed by atoms with Crippen molar-refractivity contribution in [2.24, 2.45) is 0 Å². The summed E-state index contributed by atoms with van der Waals surface area (Å²) in [5.41, 5.74) is -2.11. The van der Waals surface area contributed by atoms with E-state index in [4.69, 9.17) is 4.74 Å². The first-order valence-electron chi connectivity index (χ1n) is 5.14. The highest BCUT2D eigenvalue weighted by Gasteiger charge is 2.56. The zero-order valence-corrected chi connectivity index (χ0v) is 9.84. The molecule has 0 aromatic heterocycles. The first-order chi connectivity index (χ1) is 7.70. The first-order valence-corrected chi connectivity index (χ1v) is 5.14. The van der Waals surface area contributed by atoms with Crippen molar-refractivity contribution < 1.29 is 29.3 Å². The van der Waals surface area contributed by atoms with E-state index in [2.05, 4.69) is 0 Å². The van der Waals surface area contributed by atoms with Gasteiger partial charge in [0.25, 0.3) is 0 Å². The normalized spacial score (nSPS) is 34.4. The van der Waals surface area contributed by atoms with Crippen molar-refractivity contribution >= 4 is 17.3 Å². The second-order valence-electron chi connectivity index (χ2n) is 4.19. The molecule has 4 atom stereocenters. The lowest BCUT2D eigenvalue weighted by Crippen LogP contribution is -2.52. The summed E-state index contributed by atoms with van der Waals surface area (Å²) in [7, 11) is 0. The summed E-state index contributed by atoms with van der Waals surface area (Å²) in [6.07, 6.45) is -3.16. The van der Waals surface area contributed by atoms with Crippen molar-refractivity contribution in [3.63, 3.8) is 0 Å². The van der Waals surface area contributed by atoms with Crippen molar-refractivity contribution in [1.29, 1.82) is 0 Å². The Labute approximate surface area is 98.6 Å². The maximum Gasteiger partial charge on any atom is 0.164 e. The molecule has 2 unspecified atom stereocenters. The van der Waals surface area contributed by atoms with Crippen molar-refractivity contribution in [1.82, 2.24) is 0 Å². The van der Waals surface area contributed by atoms with Crippen LogP contribution in [-0.4, -0.2) is 51.5 Å². The summed E-state index contributed by atoms with van der Waals surface area (Å²) in [6, 6.07) is 0. The summed E-state index contributed by atoms with van der Waals surface area (Å²) >= 11 is 0. The monoisotopic (exact) mass is 243 g/mol. The lowest BCUT2D eigenvalue weighted by Gasteiger charge is -2.27. The fourth-order valence-corrected chi connectivity index (χ4v) is 1.69. The number of rotatable bonds is 4. The highest BCUT2D eigenvalue weighted by molar-refractivity contribution is 5.93. The van der Waals surface area contributed by atoms with E-state index in [0.29, 0.717) is 0 Å². The SMILES string of the molecule is CC(=O)C1[CH][C@@](O)(C(C)=O)[C@@H](C(O)C(C)=O)O1. The Morgan fingerprint density at radius 1 is 1.29 bits per heavy atom. The van der Waals surface area contributed by atoms with Gasteiger partial charge >= 0.3 is 0 Å². The number of aliphatic hydroxyl groups is 2. The molecule has 1 fully saturated rings. The molecule has 0 aromatic rings. The van der Waals surface area contributed by atoms with Crippen LogP contribution in [0.1, 0.15) is 20.8 Å². The second-order valence-corrected chi connectivity index (χ2v) is 4.19. The average molecular weight is 243 g/mol. The molecule has 2 N–H and O–H groups in total. The van der Waals surface area contributed by atoms with Crippen molar-refractivity contribution in [2.45, 2.75) is 44.7 Å². The van der Waals surface area contributed by atoms with E-state index in [0.717, 1.165) is 20.3 Å². The van der Waals surface area contributed by atoms with Gasteiger partial charge in [0, 0.05) is 6.42 Å². The Hall–Kier alpha value is -1.11. The maximum absolute atomic E-state index is 11.4. The molecule has 0 bridgehead atoms. The van der Waals surface area contributed by atoms with Gasteiger partial charge in [-0.05, 0) is 20.8 Å². The number of ketones is 3. The molecular weight excluding hydrogens is 228 g/mol. The molecule has 1 heterocycles. The summed E-state index contributed by atoms with van der Waals surface area (Å²) in [4.78, 5) is 33.6. The quantitative estimate of drug-likeness (QED) is 0.644. The fourth-order valence-electron chi connectivity index (χ4n) is 1.69. The molecule has 0 saturated carbocycles. The van der Waals surface area contributed by atoms with Crippen LogP contribution in [-0.2, 0) is 19.1 Å². The number of carbonyl (C=O) groups excluding carboxylic acids is 3. The topological polar surface area (TPSA) is 101 Å². The van der Waals surface area contributed by atoms with Gasteiger partial charge in [-0.3, -0.25) is 14.4 Å². The lowest BCUT2D eigenvalue weighted by molar-refractivity contribution is -0.157. The third-order valence-corrected chi connectivity index (χ3v) is 2.80. The van der Waals surface area contributed by atoms with Crippen LogP contribution in [0.3, 0.4) is 0 Å². The number of hydrogen-bond acceptors (Lipinski definition) is 6. The highest BCUT2D eigenvalue weighted by atomic mass is 16.5. The molecule has 1 aliphatic rings. The van der Waals surface area contributed by atoms with Gasteiger partial charge in [0.1, 0.15) is 18.3 Å². The van der Waals surface area contributed by atoms with Crippen LogP contribution < -0.4 is 0 Å². The molecule has 1 saturated heterocycles. The van der Waals surface area contributed by atoms with Gasteiger partial charge in [-0.15, -0.1) is 0 Å². The minimum absolute atomic E-state index is 0.414. The van der Waals surface area contributed by atoms with E-state index in [1.54, 1.807) is 0 Å². The Kier molecular flexibility index (Phi) is 3.81. The summed E-state index contributed by atoms with van der Waals surface area (Å²) in [5, 5.41) is 19.7. The number of carbonyl (C=O) groups is 3. The lowest BCUT2D eigenvalue weighted by atomic mass is 9.85. The van der Waals surface area contributed by atoms with Crippen LogP contribution in [0.5, 0.6) is 0 Å². The Morgan fingerprint density at radius 2 is 1.82 bits per heavy atom. The van der Waals surface area contributed by atoms with Crippen LogP contribution in [0.2, 0.25) is 0 Å². The molecule has 0 spiro atoms. The standard InChI is InChI=1S/C11H15O6/c1-5(12)8-4-11(16,7(3)14)10(17-8)9(15)6(2)13/h4,8-10,15-16H,1-3H3/t8?,9?,10-,11-/m1/s1. The predicted octanol–water partition coefficient (Wildman–Crippen LogP) is -1.18. The summed E-state index contributed by atoms with van der Waals surface area (Å²) in [5.74, 6) is -1.75.